The second-order valence-corrected chi connectivity index (χ2v) is 5.45. The van der Waals surface area contributed by atoms with Gasteiger partial charge in [0.05, 0.1) is 0 Å². The topological polar surface area (TPSA) is 12.0 Å². The molecule has 0 spiro atoms. The van der Waals surface area contributed by atoms with Gasteiger partial charge < -0.3 is 5.32 Å². The average Bonchev–Trinajstić information content (AvgIpc) is 2.09. The number of unbranched alkanes of at least 4 members (excludes halogenated alkanes) is 2. The van der Waals surface area contributed by atoms with Gasteiger partial charge in [0.2, 0.25) is 0 Å². The van der Waals surface area contributed by atoms with Crippen LogP contribution in [0.4, 0.5) is 0 Å². The molecular formula is C13H29N. The Balaban J connectivity index is 3.85. The van der Waals surface area contributed by atoms with Crippen LogP contribution in [-0.4, -0.2) is 13.6 Å². The first-order valence-corrected chi connectivity index (χ1v) is 6.17. The summed E-state index contributed by atoms with van der Waals surface area (Å²) >= 11 is 0. The molecule has 0 saturated heterocycles. The Bertz CT molecular complexity index is 124. The van der Waals surface area contributed by atoms with Crippen LogP contribution in [0.5, 0.6) is 0 Å². The molecule has 0 rings (SSSR count). The summed E-state index contributed by atoms with van der Waals surface area (Å²) in [4.78, 5) is 0. The van der Waals surface area contributed by atoms with Crippen LogP contribution in [0.2, 0.25) is 0 Å². The fourth-order valence-corrected chi connectivity index (χ4v) is 1.97. The van der Waals surface area contributed by atoms with E-state index < -0.39 is 0 Å². The highest BCUT2D eigenvalue weighted by molar-refractivity contribution is 4.74. The molecule has 0 aliphatic carbocycles. The van der Waals surface area contributed by atoms with Crippen LogP contribution in [0, 0.1) is 11.3 Å². The molecule has 0 aromatic rings. The van der Waals surface area contributed by atoms with E-state index in [0.29, 0.717) is 5.41 Å². The third-order valence-electron chi connectivity index (χ3n) is 3.12. The molecule has 86 valence electrons. The van der Waals surface area contributed by atoms with E-state index in [4.69, 9.17) is 0 Å². The third-order valence-corrected chi connectivity index (χ3v) is 3.12. The first-order chi connectivity index (χ1) is 6.52. The lowest BCUT2D eigenvalue weighted by molar-refractivity contribution is 0.206. The third kappa shape index (κ3) is 6.42. The first-order valence-electron chi connectivity index (χ1n) is 6.17. The van der Waals surface area contributed by atoms with Crippen LogP contribution in [0.15, 0.2) is 0 Å². The van der Waals surface area contributed by atoms with Crippen LogP contribution < -0.4 is 5.32 Å². The van der Waals surface area contributed by atoms with E-state index in [-0.39, 0.29) is 0 Å². The zero-order valence-corrected chi connectivity index (χ0v) is 10.8. The van der Waals surface area contributed by atoms with Crippen molar-refractivity contribution in [2.75, 3.05) is 13.6 Å². The van der Waals surface area contributed by atoms with E-state index in [1.807, 2.05) is 7.05 Å². The molecule has 0 aromatic carbocycles. The molecule has 1 N–H and O–H groups in total. The smallest absolute Gasteiger partial charge is 0.00491 e. The van der Waals surface area contributed by atoms with Gasteiger partial charge in [-0.25, -0.2) is 0 Å². The highest BCUT2D eigenvalue weighted by Gasteiger charge is 2.23. The Hall–Kier alpha value is -0.0400. The molecule has 1 unspecified atom stereocenters. The maximum Gasteiger partial charge on any atom is -0.00491 e. The molecule has 0 fully saturated rings. The largest absolute Gasteiger partial charge is 0.320 e. The Kier molecular flexibility index (Phi) is 7.26. The molecule has 0 amide bonds. The van der Waals surface area contributed by atoms with Gasteiger partial charge in [0, 0.05) is 0 Å². The quantitative estimate of drug-likeness (QED) is 0.614. The van der Waals surface area contributed by atoms with Gasteiger partial charge in [-0.2, -0.15) is 0 Å². The predicted molar refractivity (Wildman–Crippen MR) is 65.6 cm³/mol. The van der Waals surface area contributed by atoms with Gasteiger partial charge in [-0.05, 0) is 37.8 Å². The molecule has 0 aliphatic rings. The van der Waals surface area contributed by atoms with Crippen molar-refractivity contribution in [3.8, 4) is 0 Å². The van der Waals surface area contributed by atoms with Crippen molar-refractivity contribution >= 4 is 0 Å². The van der Waals surface area contributed by atoms with Crippen LogP contribution in [-0.2, 0) is 0 Å². The summed E-state index contributed by atoms with van der Waals surface area (Å²) in [6.45, 7) is 10.6. The Labute approximate surface area is 90.7 Å². The van der Waals surface area contributed by atoms with Crippen molar-refractivity contribution in [1.82, 2.24) is 5.32 Å². The highest BCUT2D eigenvalue weighted by Crippen LogP contribution is 2.32. The summed E-state index contributed by atoms with van der Waals surface area (Å²) < 4.78 is 0. The monoisotopic (exact) mass is 199 g/mol. The summed E-state index contributed by atoms with van der Waals surface area (Å²) in [6, 6.07) is 0. The van der Waals surface area contributed by atoms with Crippen LogP contribution >= 0.6 is 0 Å². The number of hydrogen-bond donors (Lipinski definition) is 1. The molecule has 0 aliphatic heterocycles. The summed E-state index contributed by atoms with van der Waals surface area (Å²) in [7, 11) is 2.05. The number of rotatable bonds is 7. The van der Waals surface area contributed by atoms with Crippen LogP contribution in [0.1, 0.15) is 59.8 Å². The van der Waals surface area contributed by atoms with E-state index in [1.165, 1.54) is 32.1 Å². The molecule has 1 heteroatoms. The molecule has 14 heavy (non-hydrogen) atoms. The highest BCUT2D eigenvalue weighted by atomic mass is 14.8. The summed E-state index contributed by atoms with van der Waals surface area (Å²) in [6.07, 6.45) is 6.86. The lowest BCUT2D eigenvalue weighted by Crippen LogP contribution is -2.24. The normalized spacial score (nSPS) is 14.4. The molecular weight excluding hydrogens is 170 g/mol. The zero-order chi connectivity index (χ0) is 11.0. The SMILES string of the molecule is CCCCCC(CCNC)C(C)(C)C. The number of nitrogens with one attached hydrogen (secondary N) is 1. The van der Waals surface area contributed by atoms with Gasteiger partial charge in [-0.3, -0.25) is 0 Å². The molecule has 0 bridgehead atoms. The van der Waals surface area contributed by atoms with E-state index >= 15 is 0 Å². The van der Waals surface area contributed by atoms with Gasteiger partial charge >= 0.3 is 0 Å². The van der Waals surface area contributed by atoms with Gasteiger partial charge in [-0.15, -0.1) is 0 Å². The van der Waals surface area contributed by atoms with E-state index in [1.54, 1.807) is 0 Å². The van der Waals surface area contributed by atoms with Gasteiger partial charge in [0.15, 0.2) is 0 Å². The molecule has 1 nitrogen and oxygen atoms in total. The number of hydrogen-bond acceptors (Lipinski definition) is 1. The van der Waals surface area contributed by atoms with Crippen LogP contribution in [0.25, 0.3) is 0 Å². The van der Waals surface area contributed by atoms with Crippen LogP contribution in [0.3, 0.4) is 0 Å². The Morgan fingerprint density at radius 3 is 2.14 bits per heavy atom. The molecule has 0 aromatic heterocycles. The average molecular weight is 199 g/mol. The lowest BCUT2D eigenvalue weighted by Gasteiger charge is -2.31. The second kappa shape index (κ2) is 7.28. The Morgan fingerprint density at radius 1 is 1.07 bits per heavy atom. The van der Waals surface area contributed by atoms with Crippen molar-refractivity contribution in [3.63, 3.8) is 0 Å². The van der Waals surface area contributed by atoms with Gasteiger partial charge in [0.25, 0.3) is 0 Å². The van der Waals surface area contributed by atoms with Crippen molar-refractivity contribution < 1.29 is 0 Å². The van der Waals surface area contributed by atoms with Crippen molar-refractivity contribution in [1.29, 1.82) is 0 Å². The Morgan fingerprint density at radius 2 is 1.71 bits per heavy atom. The minimum Gasteiger partial charge on any atom is -0.320 e. The molecule has 0 saturated carbocycles. The molecule has 0 radical (unpaired) electrons. The minimum atomic E-state index is 0.477. The summed E-state index contributed by atoms with van der Waals surface area (Å²) in [5.74, 6) is 0.876. The fraction of sp³-hybridized carbons (Fsp3) is 1.00. The van der Waals surface area contributed by atoms with E-state index in [0.717, 1.165) is 12.5 Å². The maximum atomic E-state index is 3.26. The summed E-state index contributed by atoms with van der Waals surface area (Å²) in [5.41, 5.74) is 0.477. The predicted octanol–water partition coefficient (Wildman–Crippen LogP) is 3.84. The lowest BCUT2D eigenvalue weighted by atomic mass is 9.76. The van der Waals surface area contributed by atoms with Crippen molar-refractivity contribution in [2.24, 2.45) is 11.3 Å². The van der Waals surface area contributed by atoms with E-state index in [9.17, 15) is 0 Å². The van der Waals surface area contributed by atoms with Crippen molar-refractivity contribution in [2.45, 2.75) is 59.8 Å². The zero-order valence-electron chi connectivity index (χ0n) is 10.8. The second-order valence-electron chi connectivity index (χ2n) is 5.45. The fourth-order valence-electron chi connectivity index (χ4n) is 1.97. The molecule has 1 atom stereocenters. The van der Waals surface area contributed by atoms with Gasteiger partial charge in [-0.1, -0.05) is 47.0 Å². The van der Waals surface area contributed by atoms with Crippen molar-refractivity contribution in [3.05, 3.63) is 0 Å². The summed E-state index contributed by atoms with van der Waals surface area (Å²) in [5, 5.41) is 3.26. The van der Waals surface area contributed by atoms with E-state index in [2.05, 4.69) is 33.0 Å². The minimum absolute atomic E-state index is 0.477. The standard InChI is InChI=1S/C13H29N/c1-6-7-8-9-12(10-11-14-5)13(2,3)4/h12,14H,6-11H2,1-5H3. The molecule has 0 heterocycles. The maximum absolute atomic E-state index is 3.26. The first kappa shape index (κ1) is 14.0. The van der Waals surface area contributed by atoms with Gasteiger partial charge in [0.1, 0.15) is 0 Å².